The number of nitrogens with one attached hydrogen (secondary N) is 2. The molecule has 0 aromatic rings. The van der Waals surface area contributed by atoms with Crippen molar-refractivity contribution in [2.24, 2.45) is 5.92 Å². The molecule has 2 aliphatic heterocycles. The summed E-state index contributed by atoms with van der Waals surface area (Å²) in [7, 11) is 0. The Morgan fingerprint density at radius 2 is 2.00 bits per heavy atom. The van der Waals surface area contributed by atoms with Gasteiger partial charge in [0.15, 0.2) is 0 Å². The van der Waals surface area contributed by atoms with Gasteiger partial charge in [0.25, 0.3) is 0 Å². The molecule has 0 radical (unpaired) electrons. The first-order valence-electron chi connectivity index (χ1n) is 9.44. The summed E-state index contributed by atoms with van der Waals surface area (Å²) in [6.45, 7) is 14.4. The van der Waals surface area contributed by atoms with Gasteiger partial charge in [0.1, 0.15) is 0 Å². The van der Waals surface area contributed by atoms with Crippen molar-refractivity contribution in [3.63, 3.8) is 0 Å². The van der Waals surface area contributed by atoms with E-state index in [9.17, 15) is 14.4 Å². The molecule has 156 valence electrons. The Kier molecular flexibility index (Phi) is 13.7. The zero-order valence-electron chi connectivity index (χ0n) is 16.8. The van der Waals surface area contributed by atoms with Crippen molar-refractivity contribution in [3.05, 3.63) is 49.9 Å². The second-order valence-electron chi connectivity index (χ2n) is 6.33. The van der Waals surface area contributed by atoms with Crippen LogP contribution in [-0.4, -0.2) is 47.4 Å². The van der Waals surface area contributed by atoms with Gasteiger partial charge in [0, 0.05) is 37.8 Å². The standard InChI is InChI=1S/C8H13NO.C7H11NO2.C6H9NO/c1-2-7-5-3-4-6-9-8(7)10;1-3-4-8-5-6(2)7(9)10;1-2-7-5-3-4-6(7)8/h2,7H,1,3-6H2,(H,9,10);3,5,8H,1,4H2,2H3,(H,9,10);2H,1,3-5H2. The lowest BCUT2D eigenvalue weighted by molar-refractivity contribution is -0.132. The van der Waals surface area contributed by atoms with Gasteiger partial charge in [-0.1, -0.05) is 25.2 Å². The fraction of sp³-hybridized carbons (Fsp3) is 0.476. The van der Waals surface area contributed by atoms with Crippen LogP contribution in [0.15, 0.2) is 49.9 Å². The third kappa shape index (κ3) is 11.0. The molecule has 2 saturated heterocycles. The molecule has 7 heteroatoms. The Bertz CT molecular complexity index is 584. The Balaban J connectivity index is 0.000000393. The Hall–Kier alpha value is -2.83. The summed E-state index contributed by atoms with van der Waals surface area (Å²) in [4.78, 5) is 33.5. The second kappa shape index (κ2) is 15.2. The van der Waals surface area contributed by atoms with Crippen molar-refractivity contribution in [1.82, 2.24) is 15.5 Å². The Labute approximate surface area is 167 Å². The maximum atomic E-state index is 11.1. The van der Waals surface area contributed by atoms with Gasteiger partial charge in [0.05, 0.1) is 5.92 Å². The largest absolute Gasteiger partial charge is 0.478 e. The van der Waals surface area contributed by atoms with Crippen LogP contribution in [0.1, 0.15) is 39.0 Å². The van der Waals surface area contributed by atoms with Crippen molar-refractivity contribution in [2.45, 2.75) is 39.0 Å². The number of carboxylic acids is 1. The van der Waals surface area contributed by atoms with Crippen molar-refractivity contribution >= 4 is 17.8 Å². The molecule has 7 nitrogen and oxygen atoms in total. The lowest BCUT2D eigenvalue weighted by atomic mass is 10.0. The van der Waals surface area contributed by atoms with Crippen LogP contribution in [0, 0.1) is 5.92 Å². The Morgan fingerprint density at radius 3 is 2.46 bits per heavy atom. The molecule has 2 fully saturated rings. The van der Waals surface area contributed by atoms with E-state index in [2.05, 4.69) is 30.4 Å². The highest BCUT2D eigenvalue weighted by Gasteiger charge is 2.16. The summed E-state index contributed by atoms with van der Waals surface area (Å²) in [6.07, 6.45) is 11.3. The normalized spacial score (nSPS) is 19.0. The SMILES string of the molecule is C=CC1CCCCNC1=O.C=CCNC=C(C)C(=O)O.C=CN1CCCC1=O. The van der Waals surface area contributed by atoms with E-state index in [-0.39, 0.29) is 17.7 Å². The highest BCUT2D eigenvalue weighted by Crippen LogP contribution is 2.12. The van der Waals surface area contributed by atoms with Crippen LogP contribution in [0.2, 0.25) is 0 Å². The van der Waals surface area contributed by atoms with E-state index in [0.717, 1.165) is 38.8 Å². The molecule has 28 heavy (non-hydrogen) atoms. The lowest BCUT2D eigenvalue weighted by Gasteiger charge is -2.05. The van der Waals surface area contributed by atoms with Crippen LogP contribution in [0.4, 0.5) is 0 Å². The molecule has 0 saturated carbocycles. The molecule has 2 heterocycles. The topological polar surface area (TPSA) is 98.7 Å². The van der Waals surface area contributed by atoms with Gasteiger partial charge < -0.3 is 20.6 Å². The van der Waals surface area contributed by atoms with Gasteiger partial charge in [-0.3, -0.25) is 9.59 Å². The average molecular weight is 392 g/mol. The number of aliphatic carboxylic acids is 1. The van der Waals surface area contributed by atoms with E-state index in [4.69, 9.17) is 5.11 Å². The number of likely N-dealkylation sites (tertiary alicyclic amines) is 1. The predicted octanol–water partition coefficient (Wildman–Crippen LogP) is 2.59. The minimum Gasteiger partial charge on any atom is -0.478 e. The summed E-state index contributed by atoms with van der Waals surface area (Å²) in [5.74, 6) is -0.494. The highest BCUT2D eigenvalue weighted by atomic mass is 16.4. The van der Waals surface area contributed by atoms with E-state index in [0.29, 0.717) is 18.5 Å². The number of amides is 2. The molecule has 1 unspecified atom stereocenters. The molecule has 0 bridgehead atoms. The molecule has 0 aliphatic carbocycles. The fourth-order valence-corrected chi connectivity index (χ4v) is 2.41. The quantitative estimate of drug-likeness (QED) is 0.367. The summed E-state index contributed by atoms with van der Waals surface area (Å²) in [6, 6.07) is 0. The van der Waals surface area contributed by atoms with Crippen molar-refractivity contribution in [3.8, 4) is 0 Å². The van der Waals surface area contributed by atoms with Gasteiger partial charge >= 0.3 is 5.97 Å². The molecule has 2 aliphatic rings. The van der Waals surface area contributed by atoms with Crippen LogP contribution in [0.3, 0.4) is 0 Å². The van der Waals surface area contributed by atoms with E-state index in [1.54, 1.807) is 23.3 Å². The number of carboxylic acid groups (broad SMARTS) is 1. The van der Waals surface area contributed by atoms with Crippen molar-refractivity contribution in [2.75, 3.05) is 19.6 Å². The van der Waals surface area contributed by atoms with Gasteiger partial charge in [-0.05, 0) is 32.4 Å². The summed E-state index contributed by atoms with van der Waals surface area (Å²) >= 11 is 0. The fourth-order valence-electron chi connectivity index (χ4n) is 2.41. The zero-order valence-corrected chi connectivity index (χ0v) is 16.8. The maximum Gasteiger partial charge on any atom is 0.332 e. The number of nitrogens with zero attached hydrogens (tertiary/aromatic N) is 1. The molecule has 2 rings (SSSR count). The highest BCUT2D eigenvalue weighted by molar-refractivity contribution is 5.85. The first kappa shape index (κ1) is 25.2. The van der Waals surface area contributed by atoms with Gasteiger partial charge in [0.2, 0.25) is 11.8 Å². The second-order valence-corrected chi connectivity index (χ2v) is 6.33. The molecule has 0 aromatic carbocycles. The average Bonchev–Trinajstić information content (AvgIpc) is 2.98. The first-order chi connectivity index (χ1) is 13.4. The van der Waals surface area contributed by atoms with Crippen LogP contribution in [0.25, 0.3) is 0 Å². The summed E-state index contributed by atoms with van der Waals surface area (Å²) in [5, 5.41) is 13.9. The van der Waals surface area contributed by atoms with Crippen LogP contribution in [-0.2, 0) is 14.4 Å². The number of hydrogen-bond acceptors (Lipinski definition) is 4. The zero-order chi connectivity index (χ0) is 21.4. The molecule has 2 amide bonds. The molecule has 3 N–H and O–H groups in total. The molecule has 0 aromatic heterocycles. The third-order valence-electron chi connectivity index (χ3n) is 4.11. The van der Waals surface area contributed by atoms with Crippen LogP contribution in [0.5, 0.6) is 0 Å². The number of hydrogen-bond donors (Lipinski definition) is 3. The van der Waals surface area contributed by atoms with E-state index in [1.807, 2.05) is 0 Å². The van der Waals surface area contributed by atoms with Crippen LogP contribution >= 0.6 is 0 Å². The molecule has 0 spiro atoms. The summed E-state index contributed by atoms with van der Waals surface area (Å²) < 4.78 is 0. The number of rotatable bonds is 6. The maximum absolute atomic E-state index is 11.1. The van der Waals surface area contributed by atoms with Gasteiger partial charge in [-0.25, -0.2) is 4.79 Å². The van der Waals surface area contributed by atoms with Gasteiger partial charge in [-0.2, -0.15) is 0 Å². The van der Waals surface area contributed by atoms with Gasteiger partial charge in [-0.15, -0.1) is 13.2 Å². The van der Waals surface area contributed by atoms with Crippen LogP contribution < -0.4 is 10.6 Å². The first-order valence-corrected chi connectivity index (χ1v) is 9.44. The Morgan fingerprint density at radius 1 is 1.29 bits per heavy atom. The predicted molar refractivity (Wildman–Crippen MR) is 111 cm³/mol. The minimum absolute atomic E-state index is 0.0579. The van der Waals surface area contributed by atoms with E-state index >= 15 is 0 Å². The molecule has 1 atom stereocenters. The third-order valence-corrected chi connectivity index (χ3v) is 4.11. The van der Waals surface area contributed by atoms with Crippen molar-refractivity contribution < 1.29 is 19.5 Å². The van der Waals surface area contributed by atoms with Crippen molar-refractivity contribution in [1.29, 1.82) is 0 Å². The van der Waals surface area contributed by atoms with E-state index < -0.39 is 5.97 Å². The summed E-state index contributed by atoms with van der Waals surface area (Å²) in [5.41, 5.74) is 0.293. The smallest absolute Gasteiger partial charge is 0.332 e. The van der Waals surface area contributed by atoms with E-state index in [1.165, 1.54) is 13.1 Å². The number of carbonyl (C=O) groups excluding carboxylic acids is 2. The minimum atomic E-state index is -0.906. The molecular weight excluding hydrogens is 358 g/mol. The monoisotopic (exact) mass is 391 g/mol. The lowest BCUT2D eigenvalue weighted by Crippen LogP contribution is -2.27. The molecular formula is C21H33N3O4. The number of carbonyl (C=O) groups is 3.